The Balaban J connectivity index is 2.22. The second-order valence-electron chi connectivity index (χ2n) is 5.39. The molecule has 0 unspecified atom stereocenters. The van der Waals surface area contributed by atoms with E-state index in [2.05, 4.69) is 10.1 Å². The van der Waals surface area contributed by atoms with Crippen molar-refractivity contribution in [1.82, 2.24) is 14.8 Å². The van der Waals surface area contributed by atoms with Crippen molar-refractivity contribution < 1.29 is 5.11 Å². The second kappa shape index (κ2) is 5.61. The van der Waals surface area contributed by atoms with Gasteiger partial charge in [-0.2, -0.15) is 4.68 Å². The third kappa shape index (κ3) is 2.38. The smallest absolute Gasteiger partial charge is 0.285 e. The molecule has 0 aliphatic carbocycles. The van der Waals surface area contributed by atoms with E-state index >= 15 is 0 Å². The van der Waals surface area contributed by atoms with E-state index in [0.717, 1.165) is 4.68 Å². The van der Waals surface area contributed by atoms with Crippen LogP contribution in [0.1, 0.15) is 0 Å². The van der Waals surface area contributed by atoms with Crippen LogP contribution in [-0.2, 0) is 0 Å². The zero-order valence-corrected chi connectivity index (χ0v) is 14.0. The number of para-hydroxylation sites is 1. The molecule has 8 heteroatoms. The molecule has 0 fully saturated rings. The zero-order valence-electron chi connectivity index (χ0n) is 12.5. The number of fused-ring (bicyclic) bond motifs is 2. The van der Waals surface area contributed by atoms with Crippen LogP contribution in [0, 0.1) is 0 Å². The minimum absolute atomic E-state index is 0.0620. The van der Waals surface area contributed by atoms with Crippen molar-refractivity contribution >= 4 is 45.0 Å². The van der Waals surface area contributed by atoms with Crippen LogP contribution < -0.4 is 11.0 Å². The number of halogens is 2. The van der Waals surface area contributed by atoms with E-state index in [1.165, 1.54) is 12.1 Å². The van der Waals surface area contributed by atoms with Gasteiger partial charge in [0.2, 0.25) is 5.43 Å². The first kappa shape index (κ1) is 15.7. The Morgan fingerprint density at radius 3 is 2.48 bits per heavy atom. The van der Waals surface area contributed by atoms with E-state index in [0.29, 0.717) is 16.2 Å². The standard InChI is InChI=1S/C17H9Cl2N3O3/c18-8-6-10(19)12-11(7-8)20-14-13(15(12)23)17(25)22(21-16(14)24)9-4-2-1-3-5-9/h1-7H,(H,20,23)(H,21,24). The molecule has 0 saturated carbocycles. The first-order chi connectivity index (χ1) is 12.0. The van der Waals surface area contributed by atoms with E-state index in [1.807, 2.05) is 0 Å². The lowest BCUT2D eigenvalue weighted by Gasteiger charge is -2.09. The fourth-order valence-electron chi connectivity index (χ4n) is 2.75. The number of aromatic hydroxyl groups is 1. The highest BCUT2D eigenvalue weighted by molar-refractivity contribution is 6.38. The summed E-state index contributed by atoms with van der Waals surface area (Å²) < 4.78 is 0.975. The average Bonchev–Trinajstić information content (AvgIpc) is 2.58. The lowest BCUT2D eigenvalue weighted by Crippen LogP contribution is -2.26. The van der Waals surface area contributed by atoms with Crippen LogP contribution in [-0.4, -0.2) is 19.9 Å². The van der Waals surface area contributed by atoms with Gasteiger partial charge in [0, 0.05) is 5.02 Å². The Morgan fingerprint density at radius 2 is 1.76 bits per heavy atom. The number of hydrogen-bond acceptors (Lipinski definition) is 4. The van der Waals surface area contributed by atoms with Gasteiger partial charge in [-0.25, -0.2) is 0 Å². The van der Waals surface area contributed by atoms with Crippen LogP contribution in [0.2, 0.25) is 10.0 Å². The first-order valence-corrected chi connectivity index (χ1v) is 7.95. The normalized spacial score (nSPS) is 11.3. The molecule has 4 rings (SSSR count). The number of aromatic amines is 1. The summed E-state index contributed by atoms with van der Waals surface area (Å²) in [4.78, 5) is 28.5. The molecule has 2 aromatic carbocycles. The number of H-pyrrole nitrogens is 1. The van der Waals surface area contributed by atoms with E-state index < -0.39 is 16.9 Å². The molecular formula is C17H9Cl2N3O3. The Labute approximate surface area is 149 Å². The number of aromatic nitrogens is 3. The van der Waals surface area contributed by atoms with Gasteiger partial charge < -0.3 is 10.1 Å². The topological polar surface area (TPSA) is 88.0 Å². The number of pyridine rings is 1. The van der Waals surface area contributed by atoms with Gasteiger partial charge in [0.15, 0.2) is 0 Å². The highest BCUT2D eigenvalue weighted by Gasteiger charge is 2.18. The van der Waals surface area contributed by atoms with Gasteiger partial charge >= 0.3 is 0 Å². The molecule has 0 aliphatic rings. The molecule has 0 spiro atoms. The highest BCUT2D eigenvalue weighted by Crippen LogP contribution is 2.27. The summed E-state index contributed by atoms with van der Waals surface area (Å²) in [5, 5.41) is 14.5. The van der Waals surface area contributed by atoms with Gasteiger partial charge in [-0.15, -0.1) is 5.10 Å². The summed E-state index contributed by atoms with van der Waals surface area (Å²) in [6.45, 7) is 0. The molecular weight excluding hydrogens is 365 g/mol. The van der Waals surface area contributed by atoms with Gasteiger partial charge in [0.25, 0.3) is 11.4 Å². The number of nitrogens with one attached hydrogen (secondary N) is 1. The van der Waals surface area contributed by atoms with Crippen LogP contribution in [0.3, 0.4) is 0 Å². The van der Waals surface area contributed by atoms with Crippen LogP contribution in [0.5, 0.6) is 5.88 Å². The SMILES string of the molecule is O=c1c2c(Cl)cc(Cl)cc2[nH]c2c(O)nn(-c3ccccc3)c(=O)c12. The van der Waals surface area contributed by atoms with Crippen molar-refractivity contribution in [1.29, 1.82) is 0 Å². The highest BCUT2D eigenvalue weighted by atomic mass is 35.5. The Morgan fingerprint density at radius 1 is 1.04 bits per heavy atom. The summed E-state index contributed by atoms with van der Waals surface area (Å²) >= 11 is 12.1. The summed E-state index contributed by atoms with van der Waals surface area (Å²) in [6.07, 6.45) is 0. The molecule has 2 N–H and O–H groups in total. The summed E-state index contributed by atoms with van der Waals surface area (Å²) in [5.41, 5.74) is -0.589. The minimum atomic E-state index is -0.659. The van der Waals surface area contributed by atoms with Gasteiger partial charge in [-0.3, -0.25) is 9.59 Å². The number of hydrogen-bond donors (Lipinski definition) is 2. The molecule has 0 radical (unpaired) electrons. The summed E-state index contributed by atoms with van der Waals surface area (Å²) in [6, 6.07) is 11.4. The molecule has 0 bridgehead atoms. The van der Waals surface area contributed by atoms with Gasteiger partial charge in [0.1, 0.15) is 10.9 Å². The lowest BCUT2D eigenvalue weighted by atomic mass is 10.1. The second-order valence-corrected chi connectivity index (χ2v) is 6.23. The summed E-state index contributed by atoms with van der Waals surface area (Å²) in [7, 11) is 0. The van der Waals surface area contributed by atoms with E-state index in [4.69, 9.17) is 23.2 Å². The van der Waals surface area contributed by atoms with Crippen molar-refractivity contribution in [2.75, 3.05) is 0 Å². The number of rotatable bonds is 1. The molecule has 2 heterocycles. The van der Waals surface area contributed by atoms with Crippen molar-refractivity contribution in [2.24, 2.45) is 0 Å². The quantitative estimate of drug-likeness (QED) is 0.501. The van der Waals surface area contributed by atoms with Gasteiger partial charge in [0.05, 0.1) is 21.6 Å². The monoisotopic (exact) mass is 373 g/mol. The number of benzene rings is 2. The largest absolute Gasteiger partial charge is 0.491 e. The third-order valence-corrected chi connectivity index (χ3v) is 4.36. The molecule has 124 valence electrons. The van der Waals surface area contributed by atoms with Crippen LogP contribution in [0.4, 0.5) is 0 Å². The maximum absolute atomic E-state index is 12.9. The molecule has 0 aliphatic heterocycles. The predicted molar refractivity (Wildman–Crippen MR) is 97.2 cm³/mol. The van der Waals surface area contributed by atoms with Crippen molar-refractivity contribution in [3.8, 4) is 11.6 Å². The maximum Gasteiger partial charge on any atom is 0.285 e. The average molecular weight is 374 g/mol. The fourth-order valence-corrected chi connectivity index (χ4v) is 3.33. The molecule has 0 saturated heterocycles. The predicted octanol–water partition coefficient (Wildman–Crippen LogP) is 3.24. The molecule has 0 atom stereocenters. The van der Waals surface area contributed by atoms with Crippen molar-refractivity contribution in [3.05, 3.63) is 73.1 Å². The van der Waals surface area contributed by atoms with E-state index in [-0.39, 0.29) is 21.3 Å². The minimum Gasteiger partial charge on any atom is -0.491 e. The Kier molecular flexibility index (Phi) is 3.52. The van der Waals surface area contributed by atoms with Crippen LogP contribution in [0.15, 0.2) is 52.1 Å². The fraction of sp³-hybridized carbons (Fsp3) is 0. The number of nitrogens with zero attached hydrogens (tertiary/aromatic N) is 2. The van der Waals surface area contributed by atoms with E-state index in [1.54, 1.807) is 30.3 Å². The van der Waals surface area contributed by atoms with Crippen LogP contribution in [0.25, 0.3) is 27.5 Å². The Bertz CT molecular complexity index is 1260. The Hall–Kier alpha value is -2.83. The molecule has 25 heavy (non-hydrogen) atoms. The molecule has 4 aromatic rings. The van der Waals surface area contributed by atoms with Crippen molar-refractivity contribution in [2.45, 2.75) is 0 Å². The van der Waals surface area contributed by atoms with Gasteiger partial charge in [-0.1, -0.05) is 41.4 Å². The molecule has 2 aromatic heterocycles. The van der Waals surface area contributed by atoms with Gasteiger partial charge in [-0.05, 0) is 24.3 Å². The lowest BCUT2D eigenvalue weighted by molar-refractivity contribution is 0.443. The third-order valence-electron chi connectivity index (χ3n) is 3.84. The first-order valence-electron chi connectivity index (χ1n) is 7.20. The zero-order chi connectivity index (χ0) is 17.7. The van der Waals surface area contributed by atoms with E-state index in [9.17, 15) is 14.7 Å². The van der Waals surface area contributed by atoms with Crippen molar-refractivity contribution in [3.63, 3.8) is 0 Å². The van der Waals surface area contributed by atoms with Crippen LogP contribution >= 0.6 is 23.2 Å². The molecule has 0 amide bonds. The summed E-state index contributed by atoms with van der Waals surface area (Å²) in [5.74, 6) is -0.478. The maximum atomic E-state index is 12.9. The molecule has 6 nitrogen and oxygen atoms in total.